The summed E-state index contributed by atoms with van der Waals surface area (Å²) >= 11 is 0. The zero-order valence-corrected chi connectivity index (χ0v) is 5.45. The molecule has 0 rings (SSSR count). The van der Waals surface area contributed by atoms with Gasteiger partial charge in [0.15, 0.2) is 0 Å². The normalized spacial score (nSPS) is 10.0. The van der Waals surface area contributed by atoms with Crippen molar-refractivity contribution >= 4 is 10.3 Å². The third-order valence-electron chi connectivity index (χ3n) is 0.258. The third kappa shape index (κ3) is 10.7. The molecule has 0 aliphatic carbocycles. The van der Waals surface area contributed by atoms with Gasteiger partial charge in [-0.2, -0.15) is 13.1 Å². The minimum atomic E-state index is -3.91. The van der Waals surface area contributed by atoms with Crippen LogP contribution in [0, 0.1) is 0 Å². The van der Waals surface area contributed by atoms with Gasteiger partial charge in [-0.15, -0.1) is 0 Å². The van der Waals surface area contributed by atoms with Gasteiger partial charge in [0.2, 0.25) is 0 Å². The van der Waals surface area contributed by atoms with Crippen LogP contribution in [0.2, 0.25) is 0 Å². The topological polar surface area (TPSA) is 66.4 Å². The van der Waals surface area contributed by atoms with Crippen molar-refractivity contribution in [2.24, 2.45) is 0 Å². The van der Waals surface area contributed by atoms with E-state index in [0.29, 0.717) is 0 Å². The van der Waals surface area contributed by atoms with Crippen molar-refractivity contribution in [2.75, 3.05) is 7.05 Å². The maximum atomic E-state index is 9.44. The molecule has 7 heavy (non-hydrogen) atoms. The standard InChI is InChI=1S/CH5NO3S.Fe/c1-2-6(3,4)5;/h2H,1H3,(H,3,4,5);. The second kappa shape index (κ2) is 3.40. The number of rotatable bonds is 1. The van der Waals surface area contributed by atoms with Gasteiger partial charge < -0.3 is 0 Å². The second-order valence-corrected chi connectivity index (χ2v) is 2.04. The molecule has 0 atom stereocenters. The van der Waals surface area contributed by atoms with Crippen LogP contribution in [0.5, 0.6) is 0 Å². The summed E-state index contributed by atoms with van der Waals surface area (Å²) in [5, 5.41) is 0. The Morgan fingerprint density at radius 1 is 1.57 bits per heavy atom. The Bertz CT molecular complexity index is 117. The molecular weight excluding hydrogens is 162 g/mol. The number of nitrogens with one attached hydrogen (secondary N) is 1. The maximum absolute atomic E-state index is 9.44. The van der Waals surface area contributed by atoms with Crippen LogP contribution >= 0.6 is 0 Å². The average Bonchev–Trinajstić information content (AvgIpc) is 1.35. The van der Waals surface area contributed by atoms with Crippen LogP contribution in [0.25, 0.3) is 0 Å². The minimum absolute atomic E-state index is 0. The Morgan fingerprint density at radius 3 is 1.71 bits per heavy atom. The molecule has 0 aliphatic rings. The summed E-state index contributed by atoms with van der Waals surface area (Å²) < 4.78 is 28.2. The molecule has 0 fully saturated rings. The van der Waals surface area contributed by atoms with E-state index in [1.807, 2.05) is 0 Å². The predicted molar refractivity (Wildman–Crippen MR) is 20.6 cm³/mol. The quantitative estimate of drug-likeness (QED) is 0.389. The molecule has 2 N–H and O–H groups in total. The van der Waals surface area contributed by atoms with E-state index >= 15 is 0 Å². The molecule has 6 heteroatoms. The van der Waals surface area contributed by atoms with Crippen molar-refractivity contribution in [3.8, 4) is 0 Å². The summed E-state index contributed by atoms with van der Waals surface area (Å²) in [6.07, 6.45) is 0. The fraction of sp³-hybridized carbons (Fsp3) is 1.00. The van der Waals surface area contributed by atoms with E-state index in [2.05, 4.69) is 0 Å². The van der Waals surface area contributed by atoms with Gasteiger partial charge in [0.05, 0.1) is 0 Å². The molecule has 46 valence electrons. The Labute approximate surface area is 52.6 Å². The largest absolute Gasteiger partial charge is 0.333 e. The van der Waals surface area contributed by atoms with Gasteiger partial charge in [0.25, 0.3) is 0 Å². The Balaban J connectivity index is 0. The van der Waals surface area contributed by atoms with Gasteiger partial charge in [-0.1, -0.05) is 0 Å². The molecule has 0 aliphatic heterocycles. The van der Waals surface area contributed by atoms with Crippen molar-refractivity contribution in [3.05, 3.63) is 0 Å². The van der Waals surface area contributed by atoms with Crippen molar-refractivity contribution in [1.29, 1.82) is 0 Å². The van der Waals surface area contributed by atoms with E-state index < -0.39 is 10.3 Å². The van der Waals surface area contributed by atoms with Gasteiger partial charge >= 0.3 is 10.3 Å². The van der Waals surface area contributed by atoms with E-state index in [1.165, 1.54) is 0 Å². The first kappa shape index (κ1) is 10.4. The van der Waals surface area contributed by atoms with Gasteiger partial charge in [-0.25, -0.2) is 0 Å². The monoisotopic (exact) mass is 167 g/mol. The van der Waals surface area contributed by atoms with Gasteiger partial charge in [0, 0.05) is 24.1 Å². The summed E-state index contributed by atoms with van der Waals surface area (Å²) in [7, 11) is -2.79. The van der Waals surface area contributed by atoms with Crippen molar-refractivity contribution < 1.29 is 30.0 Å². The van der Waals surface area contributed by atoms with E-state index in [-0.39, 0.29) is 17.1 Å². The molecular formula is CH5FeNO3S. The first-order valence-electron chi connectivity index (χ1n) is 1.22. The zero-order valence-electron chi connectivity index (χ0n) is 3.53. The molecule has 0 saturated carbocycles. The summed E-state index contributed by atoms with van der Waals surface area (Å²) in [6, 6.07) is 0. The maximum Gasteiger partial charge on any atom is 0.333 e. The van der Waals surface area contributed by atoms with Gasteiger partial charge in [-0.05, 0) is 0 Å². The number of hydrogen-bond acceptors (Lipinski definition) is 2. The summed E-state index contributed by atoms with van der Waals surface area (Å²) in [5.74, 6) is 0. The summed E-state index contributed by atoms with van der Waals surface area (Å²) in [4.78, 5) is 0. The van der Waals surface area contributed by atoms with Crippen LogP contribution in [0.1, 0.15) is 0 Å². The predicted octanol–water partition coefficient (Wildman–Crippen LogP) is -0.994. The number of hydrogen-bond donors (Lipinski definition) is 2. The molecule has 0 bridgehead atoms. The van der Waals surface area contributed by atoms with E-state index in [0.717, 1.165) is 7.05 Å². The molecule has 0 amide bonds. The fourth-order valence-electron chi connectivity index (χ4n) is 0. The van der Waals surface area contributed by atoms with Crippen LogP contribution < -0.4 is 4.72 Å². The third-order valence-corrected chi connectivity index (χ3v) is 0.774. The van der Waals surface area contributed by atoms with Crippen molar-refractivity contribution in [3.63, 3.8) is 0 Å². The first-order chi connectivity index (χ1) is 2.56. The molecule has 0 radical (unpaired) electrons. The van der Waals surface area contributed by atoms with Crippen LogP contribution in [0.4, 0.5) is 0 Å². The van der Waals surface area contributed by atoms with Crippen LogP contribution in [0.15, 0.2) is 0 Å². The summed E-state index contributed by atoms with van der Waals surface area (Å²) in [6.45, 7) is 0. The van der Waals surface area contributed by atoms with Crippen molar-refractivity contribution in [2.45, 2.75) is 0 Å². The minimum Gasteiger partial charge on any atom is -0.273 e. The molecule has 0 aromatic rings. The van der Waals surface area contributed by atoms with Gasteiger partial charge in [-0.3, -0.25) is 4.55 Å². The van der Waals surface area contributed by atoms with Crippen molar-refractivity contribution in [1.82, 2.24) is 4.72 Å². The molecule has 0 unspecified atom stereocenters. The zero-order chi connectivity index (χ0) is 5.21. The SMILES string of the molecule is CNS(=O)(=O)O.[Fe]. The summed E-state index contributed by atoms with van der Waals surface area (Å²) in [5.41, 5.74) is 0. The van der Waals surface area contributed by atoms with Crippen LogP contribution in [0.3, 0.4) is 0 Å². The molecule has 0 spiro atoms. The molecule has 4 nitrogen and oxygen atoms in total. The molecule has 0 aromatic carbocycles. The first-order valence-corrected chi connectivity index (χ1v) is 2.66. The van der Waals surface area contributed by atoms with Crippen LogP contribution in [-0.2, 0) is 27.4 Å². The Morgan fingerprint density at radius 2 is 1.71 bits per heavy atom. The fourth-order valence-corrected chi connectivity index (χ4v) is 0. The smallest absolute Gasteiger partial charge is 0.273 e. The molecule has 0 heterocycles. The molecule has 0 aromatic heterocycles. The van der Waals surface area contributed by atoms with E-state index in [4.69, 9.17) is 4.55 Å². The molecule has 0 saturated heterocycles. The Hall–Kier alpha value is 0.389. The average molecular weight is 167 g/mol. The second-order valence-electron chi connectivity index (χ2n) is 0.679. The Kier molecular flexibility index (Phi) is 5.04. The van der Waals surface area contributed by atoms with Gasteiger partial charge in [0.1, 0.15) is 0 Å². The van der Waals surface area contributed by atoms with Crippen LogP contribution in [-0.4, -0.2) is 20.0 Å². The van der Waals surface area contributed by atoms with E-state index in [9.17, 15) is 8.42 Å². The van der Waals surface area contributed by atoms with E-state index in [1.54, 1.807) is 4.72 Å².